The van der Waals surface area contributed by atoms with E-state index in [0.717, 1.165) is 36.6 Å². The first kappa shape index (κ1) is 21.2. The molecule has 0 bridgehead atoms. The predicted molar refractivity (Wildman–Crippen MR) is 114 cm³/mol. The SMILES string of the molecule is Cc1nc(C(=O)N(C)C)nc(N2CC[C@@H](NC(C)c3cnn(C(C)C)c3)C2)c1C. The molecule has 2 aromatic rings. The van der Waals surface area contributed by atoms with E-state index in [1.165, 1.54) is 10.5 Å². The zero-order chi connectivity index (χ0) is 21.3. The van der Waals surface area contributed by atoms with Crippen LogP contribution in [0.2, 0.25) is 0 Å². The highest BCUT2D eigenvalue weighted by molar-refractivity contribution is 5.90. The third-order valence-corrected chi connectivity index (χ3v) is 5.59. The second kappa shape index (κ2) is 8.49. The van der Waals surface area contributed by atoms with Crippen molar-refractivity contribution < 1.29 is 4.79 Å². The molecule has 0 aromatic carbocycles. The minimum Gasteiger partial charge on any atom is -0.355 e. The monoisotopic (exact) mass is 399 g/mol. The average molecular weight is 400 g/mol. The third kappa shape index (κ3) is 4.58. The van der Waals surface area contributed by atoms with E-state index in [0.29, 0.717) is 12.1 Å². The van der Waals surface area contributed by atoms with Crippen LogP contribution in [0.3, 0.4) is 0 Å². The van der Waals surface area contributed by atoms with E-state index in [-0.39, 0.29) is 17.8 Å². The van der Waals surface area contributed by atoms with E-state index in [4.69, 9.17) is 0 Å². The van der Waals surface area contributed by atoms with Gasteiger partial charge in [0.15, 0.2) is 0 Å². The Kier molecular flexibility index (Phi) is 6.21. The number of rotatable bonds is 6. The molecule has 1 saturated heterocycles. The molecule has 158 valence electrons. The lowest BCUT2D eigenvalue weighted by Crippen LogP contribution is -2.35. The van der Waals surface area contributed by atoms with Gasteiger partial charge in [0.05, 0.1) is 6.20 Å². The maximum atomic E-state index is 12.4. The molecule has 1 unspecified atom stereocenters. The number of carbonyl (C=O) groups excluding carboxylic acids is 1. The minimum atomic E-state index is -0.168. The Labute approximate surface area is 173 Å². The second-order valence-electron chi connectivity index (χ2n) is 8.45. The summed E-state index contributed by atoms with van der Waals surface area (Å²) in [7, 11) is 3.44. The maximum Gasteiger partial charge on any atom is 0.291 e. The molecule has 3 rings (SSSR count). The second-order valence-corrected chi connectivity index (χ2v) is 8.45. The van der Waals surface area contributed by atoms with Crippen LogP contribution in [0.1, 0.15) is 66.7 Å². The van der Waals surface area contributed by atoms with E-state index in [1.807, 2.05) is 24.7 Å². The minimum absolute atomic E-state index is 0.168. The van der Waals surface area contributed by atoms with Crippen LogP contribution >= 0.6 is 0 Å². The zero-order valence-corrected chi connectivity index (χ0v) is 18.6. The fourth-order valence-electron chi connectivity index (χ4n) is 3.61. The summed E-state index contributed by atoms with van der Waals surface area (Å²) in [6.07, 6.45) is 5.09. The number of anilines is 1. The highest BCUT2D eigenvalue weighted by atomic mass is 16.2. The molecular formula is C21H33N7O. The molecule has 0 radical (unpaired) electrons. The number of aryl methyl sites for hydroxylation is 1. The molecule has 1 aliphatic rings. The summed E-state index contributed by atoms with van der Waals surface area (Å²) in [5, 5.41) is 8.17. The number of hydrogen-bond acceptors (Lipinski definition) is 6. The van der Waals surface area contributed by atoms with E-state index in [9.17, 15) is 4.79 Å². The number of aromatic nitrogens is 4. The Bertz CT molecular complexity index is 874. The molecule has 2 atom stereocenters. The van der Waals surface area contributed by atoms with Crippen LogP contribution in [0.25, 0.3) is 0 Å². The van der Waals surface area contributed by atoms with Gasteiger partial charge >= 0.3 is 0 Å². The van der Waals surface area contributed by atoms with Crippen LogP contribution in [0.4, 0.5) is 5.82 Å². The van der Waals surface area contributed by atoms with Crippen molar-refractivity contribution in [2.75, 3.05) is 32.1 Å². The van der Waals surface area contributed by atoms with E-state index >= 15 is 0 Å². The van der Waals surface area contributed by atoms with Gasteiger partial charge in [-0.15, -0.1) is 0 Å². The molecule has 0 aliphatic carbocycles. The fourth-order valence-corrected chi connectivity index (χ4v) is 3.61. The van der Waals surface area contributed by atoms with Crippen molar-refractivity contribution in [2.45, 2.75) is 59.2 Å². The first-order valence-electron chi connectivity index (χ1n) is 10.3. The summed E-state index contributed by atoms with van der Waals surface area (Å²) >= 11 is 0. The molecule has 1 aliphatic heterocycles. The van der Waals surface area contributed by atoms with Gasteiger partial charge in [-0.3, -0.25) is 9.48 Å². The van der Waals surface area contributed by atoms with Gasteiger partial charge in [-0.1, -0.05) is 0 Å². The molecule has 8 nitrogen and oxygen atoms in total. The summed E-state index contributed by atoms with van der Waals surface area (Å²) in [5.41, 5.74) is 3.09. The molecule has 3 heterocycles. The highest BCUT2D eigenvalue weighted by Gasteiger charge is 2.28. The van der Waals surface area contributed by atoms with Crippen molar-refractivity contribution in [1.29, 1.82) is 0 Å². The Morgan fingerprint density at radius 3 is 2.59 bits per heavy atom. The number of nitrogens with zero attached hydrogens (tertiary/aromatic N) is 6. The molecule has 0 saturated carbocycles. The first-order valence-corrected chi connectivity index (χ1v) is 10.3. The molecule has 1 amide bonds. The number of nitrogens with one attached hydrogen (secondary N) is 1. The molecule has 8 heteroatoms. The summed E-state index contributed by atoms with van der Waals surface area (Å²) in [6.45, 7) is 12.2. The lowest BCUT2D eigenvalue weighted by molar-refractivity contribution is 0.0815. The van der Waals surface area contributed by atoms with Gasteiger partial charge in [0.2, 0.25) is 5.82 Å². The molecule has 29 heavy (non-hydrogen) atoms. The van der Waals surface area contributed by atoms with Crippen LogP contribution in [0.15, 0.2) is 12.4 Å². The Morgan fingerprint density at radius 2 is 1.97 bits per heavy atom. The predicted octanol–water partition coefficient (Wildman–Crippen LogP) is 2.50. The van der Waals surface area contributed by atoms with Crippen molar-refractivity contribution in [2.24, 2.45) is 0 Å². The Balaban J connectivity index is 1.71. The van der Waals surface area contributed by atoms with Gasteiger partial charge in [-0.25, -0.2) is 9.97 Å². The summed E-state index contributed by atoms with van der Waals surface area (Å²) < 4.78 is 1.99. The van der Waals surface area contributed by atoms with Crippen LogP contribution in [-0.4, -0.2) is 63.8 Å². The van der Waals surface area contributed by atoms with Crippen molar-refractivity contribution >= 4 is 11.7 Å². The smallest absolute Gasteiger partial charge is 0.291 e. The van der Waals surface area contributed by atoms with Gasteiger partial charge in [-0.2, -0.15) is 5.10 Å². The van der Waals surface area contributed by atoms with Crippen molar-refractivity contribution in [3.63, 3.8) is 0 Å². The normalized spacial score (nSPS) is 17.8. The lowest BCUT2D eigenvalue weighted by atomic mass is 10.1. The van der Waals surface area contributed by atoms with E-state index < -0.39 is 0 Å². The lowest BCUT2D eigenvalue weighted by Gasteiger charge is -2.23. The highest BCUT2D eigenvalue weighted by Crippen LogP contribution is 2.25. The Morgan fingerprint density at radius 1 is 1.24 bits per heavy atom. The van der Waals surface area contributed by atoms with Crippen molar-refractivity contribution in [1.82, 2.24) is 30.0 Å². The van der Waals surface area contributed by atoms with E-state index in [1.54, 1.807) is 14.1 Å². The molecule has 0 spiro atoms. The molecule has 1 N–H and O–H groups in total. The summed E-state index contributed by atoms with van der Waals surface area (Å²) in [4.78, 5) is 25.1. The quantitative estimate of drug-likeness (QED) is 0.804. The third-order valence-electron chi connectivity index (χ3n) is 5.59. The number of hydrogen-bond donors (Lipinski definition) is 1. The van der Waals surface area contributed by atoms with E-state index in [2.05, 4.69) is 52.3 Å². The van der Waals surface area contributed by atoms with Crippen molar-refractivity contribution in [3.05, 3.63) is 35.0 Å². The topological polar surface area (TPSA) is 79.2 Å². The van der Waals surface area contributed by atoms with Gasteiger partial charge in [0.1, 0.15) is 5.82 Å². The van der Waals surface area contributed by atoms with Crippen molar-refractivity contribution in [3.8, 4) is 0 Å². The number of carbonyl (C=O) groups is 1. The van der Waals surface area contributed by atoms with Gasteiger partial charge in [0, 0.05) is 68.3 Å². The van der Waals surface area contributed by atoms with Gasteiger partial charge < -0.3 is 15.1 Å². The Hall–Kier alpha value is -2.48. The fraction of sp³-hybridized carbons (Fsp3) is 0.619. The van der Waals surface area contributed by atoms with Crippen LogP contribution in [0.5, 0.6) is 0 Å². The zero-order valence-electron chi connectivity index (χ0n) is 18.6. The van der Waals surface area contributed by atoms with Gasteiger partial charge in [-0.05, 0) is 41.0 Å². The van der Waals surface area contributed by atoms with Gasteiger partial charge in [0.25, 0.3) is 5.91 Å². The summed E-state index contributed by atoms with van der Waals surface area (Å²) in [5.74, 6) is 0.963. The van der Waals surface area contributed by atoms with Crippen LogP contribution in [0, 0.1) is 13.8 Å². The largest absolute Gasteiger partial charge is 0.355 e. The number of amides is 1. The maximum absolute atomic E-state index is 12.4. The molecule has 1 fully saturated rings. The standard InChI is InChI=1S/C21H33N7O/c1-13(2)28-11-17(10-22-28)16(5)23-18-8-9-27(12-18)20-14(3)15(4)24-19(25-20)21(29)26(6)7/h10-11,13,16,18,23H,8-9,12H2,1-7H3/t16?,18-/m1/s1. The first-order chi connectivity index (χ1) is 13.7. The average Bonchev–Trinajstić information content (AvgIpc) is 3.32. The van der Waals surface area contributed by atoms with Crippen LogP contribution < -0.4 is 10.2 Å². The van der Waals surface area contributed by atoms with Crippen LogP contribution in [-0.2, 0) is 0 Å². The summed E-state index contributed by atoms with van der Waals surface area (Å²) in [6, 6.07) is 0.947. The molecule has 2 aromatic heterocycles. The molecular weight excluding hydrogens is 366 g/mol.